The van der Waals surface area contributed by atoms with Gasteiger partial charge in [-0.25, -0.2) is 13.6 Å². The lowest BCUT2D eigenvalue weighted by atomic mass is 9.86. The number of carbonyl (C=O) groups excluding carboxylic acids is 1. The van der Waals surface area contributed by atoms with E-state index in [0.29, 0.717) is 24.2 Å². The average Bonchev–Trinajstić information content (AvgIpc) is 3.54. The predicted octanol–water partition coefficient (Wildman–Crippen LogP) is 3.31. The van der Waals surface area contributed by atoms with Gasteiger partial charge in [-0.1, -0.05) is 0 Å². The zero-order valence-electron chi connectivity index (χ0n) is 20.8. The highest BCUT2D eigenvalue weighted by Crippen LogP contribution is 2.27. The molecule has 0 spiro atoms. The molecule has 6 N–H and O–H groups in total. The van der Waals surface area contributed by atoms with Crippen molar-refractivity contribution in [3.8, 4) is 0 Å². The minimum atomic E-state index is -0.952. The minimum Gasteiger partial charge on any atom is -0.481 e. The van der Waals surface area contributed by atoms with Crippen molar-refractivity contribution in [2.75, 3.05) is 36.8 Å². The lowest BCUT2D eigenvalue weighted by molar-refractivity contribution is -0.144. The normalized spacial score (nSPS) is 20.6. The number of benzene rings is 2. The standard InChI is InChI=1S/C27H32F2N4O5/c28-19-5-15(9-23(25(34)35)17-1-3-30-13-17)7-21(11-19)32-27(38)33-22-8-16(6-20(29)12-22)10-24(26(36)37)18-2-4-31-14-18/h5-8,11-12,17-18,23-24,30-31H,1-4,9-10,13-14H2,(H,34,35)(H,36,37)(H2,32,33,38)/t17-,18-,23-,24-/m0/s1. The molecule has 11 heteroatoms. The van der Waals surface area contributed by atoms with Crippen LogP contribution in [-0.4, -0.2) is 54.4 Å². The molecule has 0 unspecified atom stereocenters. The quantitative estimate of drug-likeness (QED) is 0.277. The molecule has 2 fully saturated rings. The fourth-order valence-corrected chi connectivity index (χ4v) is 5.43. The Morgan fingerprint density at radius 2 is 1.18 bits per heavy atom. The van der Waals surface area contributed by atoms with Gasteiger partial charge in [-0.15, -0.1) is 0 Å². The number of urea groups is 1. The first-order valence-corrected chi connectivity index (χ1v) is 12.7. The number of hydrogen-bond donors (Lipinski definition) is 6. The van der Waals surface area contributed by atoms with Gasteiger partial charge >= 0.3 is 18.0 Å². The first-order valence-electron chi connectivity index (χ1n) is 12.7. The van der Waals surface area contributed by atoms with Crippen LogP contribution in [0.3, 0.4) is 0 Å². The van der Waals surface area contributed by atoms with Gasteiger partial charge in [-0.3, -0.25) is 9.59 Å². The zero-order chi connectivity index (χ0) is 27.2. The third kappa shape index (κ3) is 7.26. The predicted molar refractivity (Wildman–Crippen MR) is 137 cm³/mol. The molecule has 0 bridgehead atoms. The summed E-state index contributed by atoms with van der Waals surface area (Å²) in [6.07, 6.45) is 1.68. The maximum absolute atomic E-state index is 14.3. The number of nitrogens with one attached hydrogen (secondary N) is 4. The highest BCUT2D eigenvalue weighted by molar-refractivity contribution is 5.99. The van der Waals surface area contributed by atoms with E-state index in [2.05, 4.69) is 21.3 Å². The summed E-state index contributed by atoms with van der Waals surface area (Å²) in [4.78, 5) is 36.3. The SMILES string of the molecule is O=C(Nc1cc(F)cc(C[C@H](C(=O)O)[C@H]2CCNC2)c1)Nc1cc(F)cc(C[C@H](C(=O)O)[C@H]2CCNC2)c1. The summed E-state index contributed by atoms with van der Waals surface area (Å²) in [7, 11) is 0. The Morgan fingerprint density at radius 3 is 1.53 bits per heavy atom. The van der Waals surface area contributed by atoms with E-state index in [0.717, 1.165) is 38.1 Å². The molecule has 2 aliphatic rings. The second-order valence-electron chi connectivity index (χ2n) is 10.1. The van der Waals surface area contributed by atoms with Gasteiger partial charge in [-0.2, -0.15) is 0 Å². The van der Waals surface area contributed by atoms with Crippen molar-refractivity contribution < 1.29 is 33.4 Å². The molecular formula is C27H32F2N4O5. The number of halogens is 2. The van der Waals surface area contributed by atoms with Crippen molar-refractivity contribution in [1.82, 2.24) is 10.6 Å². The third-order valence-electron chi connectivity index (χ3n) is 7.31. The molecule has 2 aliphatic heterocycles. The van der Waals surface area contributed by atoms with E-state index in [4.69, 9.17) is 0 Å². The summed E-state index contributed by atoms with van der Waals surface area (Å²) < 4.78 is 28.6. The fourth-order valence-electron chi connectivity index (χ4n) is 5.43. The van der Waals surface area contributed by atoms with Crippen molar-refractivity contribution in [1.29, 1.82) is 0 Å². The van der Waals surface area contributed by atoms with Gasteiger partial charge in [0.25, 0.3) is 0 Å². The van der Waals surface area contributed by atoms with E-state index in [9.17, 15) is 33.4 Å². The highest BCUT2D eigenvalue weighted by Gasteiger charge is 2.32. The number of anilines is 2. The van der Waals surface area contributed by atoms with Gasteiger partial charge in [0.1, 0.15) is 11.6 Å². The third-order valence-corrected chi connectivity index (χ3v) is 7.31. The number of amides is 2. The molecule has 2 aromatic rings. The molecule has 0 saturated carbocycles. The summed E-state index contributed by atoms with van der Waals surface area (Å²) >= 11 is 0. The summed E-state index contributed by atoms with van der Waals surface area (Å²) in [6.45, 7) is 2.64. The number of carboxylic acid groups (broad SMARTS) is 2. The Morgan fingerprint density at radius 1 is 0.763 bits per heavy atom. The van der Waals surface area contributed by atoms with Crippen LogP contribution in [-0.2, 0) is 22.4 Å². The summed E-state index contributed by atoms with van der Waals surface area (Å²) in [5.41, 5.74) is 1.13. The Kier molecular flexibility index (Phi) is 8.90. The maximum atomic E-state index is 14.3. The molecule has 9 nitrogen and oxygen atoms in total. The van der Waals surface area contributed by atoms with E-state index in [1.54, 1.807) is 0 Å². The Bertz CT molecular complexity index is 1090. The first kappa shape index (κ1) is 27.5. The second kappa shape index (κ2) is 12.3. The van der Waals surface area contributed by atoms with Crippen molar-refractivity contribution >= 4 is 29.3 Å². The van der Waals surface area contributed by atoms with Crippen molar-refractivity contribution in [3.05, 3.63) is 59.2 Å². The summed E-state index contributed by atoms with van der Waals surface area (Å²) in [6, 6.07) is 7.01. The van der Waals surface area contributed by atoms with E-state index in [-0.39, 0.29) is 36.1 Å². The molecule has 2 heterocycles. The van der Waals surface area contributed by atoms with E-state index in [1.807, 2.05) is 0 Å². The van der Waals surface area contributed by atoms with Crippen LogP contribution < -0.4 is 21.3 Å². The van der Waals surface area contributed by atoms with Gasteiger partial charge in [0, 0.05) is 11.4 Å². The number of rotatable bonds is 10. The Labute approximate surface area is 219 Å². The topological polar surface area (TPSA) is 140 Å². The van der Waals surface area contributed by atoms with Crippen LogP contribution >= 0.6 is 0 Å². The Hall–Kier alpha value is -3.57. The first-order chi connectivity index (χ1) is 18.2. The number of carboxylic acids is 2. The molecule has 38 heavy (non-hydrogen) atoms. The molecule has 4 rings (SSSR count). The molecule has 204 valence electrons. The number of aliphatic carboxylic acids is 2. The van der Waals surface area contributed by atoms with Crippen LogP contribution in [0.4, 0.5) is 25.0 Å². The lowest BCUT2D eigenvalue weighted by Crippen LogP contribution is -2.27. The van der Waals surface area contributed by atoms with Gasteiger partial charge in [-0.05, 0) is 111 Å². The number of carbonyl (C=O) groups is 3. The van der Waals surface area contributed by atoms with Crippen LogP contribution in [0.25, 0.3) is 0 Å². The second-order valence-corrected chi connectivity index (χ2v) is 10.1. The van der Waals surface area contributed by atoms with Gasteiger partial charge < -0.3 is 31.5 Å². The van der Waals surface area contributed by atoms with E-state index >= 15 is 0 Å². The van der Waals surface area contributed by atoms with Crippen LogP contribution in [0, 0.1) is 35.3 Å². The molecule has 2 saturated heterocycles. The molecule has 4 atom stereocenters. The average molecular weight is 531 g/mol. The van der Waals surface area contributed by atoms with Crippen LogP contribution in [0.15, 0.2) is 36.4 Å². The summed E-state index contributed by atoms with van der Waals surface area (Å²) in [5.74, 6) is -4.66. The van der Waals surface area contributed by atoms with Crippen LogP contribution in [0.1, 0.15) is 24.0 Å². The van der Waals surface area contributed by atoms with E-state index < -0.39 is 41.4 Å². The monoisotopic (exact) mass is 530 g/mol. The van der Waals surface area contributed by atoms with Crippen molar-refractivity contribution in [2.24, 2.45) is 23.7 Å². The fraction of sp³-hybridized carbons (Fsp3) is 0.444. The van der Waals surface area contributed by atoms with Crippen LogP contribution in [0.5, 0.6) is 0 Å². The maximum Gasteiger partial charge on any atom is 0.323 e. The molecule has 0 aliphatic carbocycles. The highest BCUT2D eigenvalue weighted by atomic mass is 19.1. The Balaban J connectivity index is 1.43. The minimum absolute atomic E-state index is 0.0664. The molecular weight excluding hydrogens is 498 g/mol. The van der Waals surface area contributed by atoms with Gasteiger partial charge in [0.05, 0.1) is 11.8 Å². The van der Waals surface area contributed by atoms with Crippen LogP contribution in [0.2, 0.25) is 0 Å². The zero-order valence-corrected chi connectivity index (χ0v) is 20.8. The van der Waals surface area contributed by atoms with Crippen molar-refractivity contribution in [3.63, 3.8) is 0 Å². The molecule has 0 aromatic heterocycles. The molecule has 2 aromatic carbocycles. The van der Waals surface area contributed by atoms with Gasteiger partial charge in [0.2, 0.25) is 0 Å². The van der Waals surface area contributed by atoms with E-state index in [1.165, 1.54) is 24.3 Å². The molecule has 2 amide bonds. The molecule has 0 radical (unpaired) electrons. The smallest absolute Gasteiger partial charge is 0.323 e. The largest absolute Gasteiger partial charge is 0.481 e. The van der Waals surface area contributed by atoms with Crippen molar-refractivity contribution in [2.45, 2.75) is 25.7 Å². The van der Waals surface area contributed by atoms with Gasteiger partial charge in [0.15, 0.2) is 0 Å². The number of hydrogen-bond acceptors (Lipinski definition) is 5. The summed E-state index contributed by atoms with van der Waals surface area (Å²) in [5, 5.41) is 30.6. The lowest BCUT2D eigenvalue weighted by Gasteiger charge is -2.19.